The lowest BCUT2D eigenvalue weighted by atomic mass is 10.1. The molecule has 2 aromatic rings. The molecule has 6 nitrogen and oxygen atoms in total. The molecule has 2 N–H and O–H groups in total. The van der Waals surface area contributed by atoms with Crippen molar-refractivity contribution in [3.63, 3.8) is 0 Å². The average molecular weight is 454 g/mol. The van der Waals surface area contributed by atoms with E-state index in [9.17, 15) is 13.2 Å². The topological polar surface area (TPSA) is 99.1 Å². The Kier molecular flexibility index (Phi) is 8.93. The lowest BCUT2D eigenvalue weighted by Gasteiger charge is -2.09. The Balaban J connectivity index is 1.64. The van der Waals surface area contributed by atoms with Crippen LogP contribution in [0.5, 0.6) is 0 Å². The summed E-state index contributed by atoms with van der Waals surface area (Å²) < 4.78 is 24.6. The zero-order valence-corrected chi connectivity index (χ0v) is 17.9. The standard InChI is InChI=1S/C20H21Cl2N3O3S/c21-17-3-1-4-18(20(17)22)29(27,28)14-24-11-2-12-25-19(26)10-9-15-5-7-16(13-23)8-6-15/h1,3-8,24H,2,9-12,14H2,(H,25,26). The maximum atomic E-state index is 12.3. The number of carbonyl (C=O) groups is 1. The van der Waals surface area contributed by atoms with Gasteiger partial charge in [0.25, 0.3) is 0 Å². The van der Waals surface area contributed by atoms with Gasteiger partial charge in [-0.05, 0) is 49.2 Å². The summed E-state index contributed by atoms with van der Waals surface area (Å²) in [6, 6.07) is 13.7. The Bertz CT molecular complexity index is 987. The van der Waals surface area contributed by atoms with Crippen LogP contribution in [0.4, 0.5) is 0 Å². The van der Waals surface area contributed by atoms with Crippen LogP contribution in [0.15, 0.2) is 47.4 Å². The molecule has 0 radical (unpaired) electrons. The van der Waals surface area contributed by atoms with E-state index in [0.717, 1.165) is 5.56 Å². The second-order valence-corrected chi connectivity index (χ2v) is 9.07. The van der Waals surface area contributed by atoms with Crippen LogP contribution in [0, 0.1) is 11.3 Å². The van der Waals surface area contributed by atoms with E-state index >= 15 is 0 Å². The van der Waals surface area contributed by atoms with Crippen molar-refractivity contribution in [3.05, 3.63) is 63.6 Å². The first-order chi connectivity index (χ1) is 13.8. The van der Waals surface area contributed by atoms with Crippen LogP contribution < -0.4 is 10.6 Å². The molecule has 0 spiro atoms. The minimum atomic E-state index is -3.60. The molecule has 29 heavy (non-hydrogen) atoms. The number of nitriles is 1. The predicted octanol–water partition coefficient (Wildman–Crippen LogP) is 3.32. The van der Waals surface area contributed by atoms with E-state index in [-0.39, 0.29) is 26.7 Å². The van der Waals surface area contributed by atoms with Crippen LogP contribution >= 0.6 is 23.2 Å². The second kappa shape index (κ2) is 11.2. The normalized spacial score (nSPS) is 11.1. The molecule has 1 amide bonds. The molecule has 0 heterocycles. The molecular weight excluding hydrogens is 433 g/mol. The number of carbonyl (C=O) groups excluding carboxylic acids is 1. The molecule has 9 heteroatoms. The van der Waals surface area contributed by atoms with E-state index in [1.165, 1.54) is 18.2 Å². The zero-order valence-electron chi connectivity index (χ0n) is 15.6. The number of nitrogens with one attached hydrogen (secondary N) is 2. The lowest BCUT2D eigenvalue weighted by molar-refractivity contribution is -0.121. The summed E-state index contributed by atoms with van der Waals surface area (Å²) in [5.41, 5.74) is 1.58. The van der Waals surface area contributed by atoms with Crippen molar-refractivity contribution in [2.75, 3.05) is 19.0 Å². The van der Waals surface area contributed by atoms with E-state index in [1.807, 2.05) is 12.1 Å². The molecule has 2 rings (SSSR count). The molecule has 0 aliphatic heterocycles. The number of sulfone groups is 1. The van der Waals surface area contributed by atoms with Crippen molar-refractivity contribution < 1.29 is 13.2 Å². The summed E-state index contributed by atoms with van der Waals surface area (Å²) in [7, 11) is -3.60. The second-order valence-electron chi connectivity index (χ2n) is 6.32. The molecule has 0 aromatic heterocycles. The number of halogens is 2. The Labute approximate surface area is 180 Å². The maximum absolute atomic E-state index is 12.3. The molecule has 0 fully saturated rings. The summed E-state index contributed by atoms with van der Waals surface area (Å²) in [4.78, 5) is 11.9. The van der Waals surface area contributed by atoms with Crippen LogP contribution in [-0.4, -0.2) is 33.3 Å². The first-order valence-corrected chi connectivity index (χ1v) is 11.4. The highest BCUT2D eigenvalue weighted by atomic mass is 35.5. The number of hydrogen-bond donors (Lipinski definition) is 2. The molecule has 0 atom stereocenters. The van der Waals surface area contributed by atoms with Gasteiger partial charge in [0.2, 0.25) is 5.91 Å². The van der Waals surface area contributed by atoms with Crippen molar-refractivity contribution in [3.8, 4) is 6.07 Å². The number of hydrogen-bond acceptors (Lipinski definition) is 5. The molecule has 0 unspecified atom stereocenters. The Hall–Kier alpha value is -2.11. The fourth-order valence-electron chi connectivity index (χ4n) is 2.54. The molecule has 0 saturated carbocycles. The highest BCUT2D eigenvalue weighted by Crippen LogP contribution is 2.29. The van der Waals surface area contributed by atoms with Gasteiger partial charge < -0.3 is 10.6 Å². The Morgan fingerprint density at radius 3 is 2.48 bits per heavy atom. The largest absolute Gasteiger partial charge is 0.356 e. The molecule has 0 aliphatic carbocycles. The third-order valence-electron chi connectivity index (χ3n) is 4.12. The van der Waals surface area contributed by atoms with Crippen molar-refractivity contribution in [2.45, 2.75) is 24.2 Å². The molecule has 0 aliphatic rings. The zero-order chi connectivity index (χ0) is 21.3. The number of amides is 1. The van der Waals surface area contributed by atoms with Gasteiger partial charge in [0.05, 0.1) is 26.6 Å². The summed E-state index contributed by atoms with van der Waals surface area (Å²) in [5, 5.41) is 14.6. The van der Waals surface area contributed by atoms with E-state index in [4.69, 9.17) is 28.5 Å². The smallest absolute Gasteiger partial charge is 0.220 e. The summed E-state index contributed by atoms with van der Waals surface area (Å²) in [6.45, 7) is 0.866. The van der Waals surface area contributed by atoms with Crippen molar-refractivity contribution in [1.29, 1.82) is 5.26 Å². The average Bonchev–Trinajstić information content (AvgIpc) is 2.71. The van der Waals surface area contributed by atoms with Gasteiger partial charge in [-0.25, -0.2) is 8.42 Å². The van der Waals surface area contributed by atoms with E-state index < -0.39 is 9.84 Å². The van der Waals surface area contributed by atoms with Gasteiger partial charge in [-0.15, -0.1) is 0 Å². The molecule has 0 saturated heterocycles. The molecule has 2 aromatic carbocycles. The number of rotatable bonds is 10. The first kappa shape index (κ1) is 23.2. The Morgan fingerprint density at radius 1 is 1.07 bits per heavy atom. The van der Waals surface area contributed by atoms with Crippen LogP contribution in [0.25, 0.3) is 0 Å². The highest BCUT2D eigenvalue weighted by Gasteiger charge is 2.19. The lowest BCUT2D eigenvalue weighted by Crippen LogP contribution is -2.29. The minimum Gasteiger partial charge on any atom is -0.356 e. The Morgan fingerprint density at radius 2 is 1.79 bits per heavy atom. The number of benzene rings is 2. The summed E-state index contributed by atoms with van der Waals surface area (Å²) in [5.74, 6) is -0.340. The van der Waals surface area contributed by atoms with Crippen molar-refractivity contribution in [2.24, 2.45) is 0 Å². The quantitative estimate of drug-likeness (QED) is 0.537. The van der Waals surface area contributed by atoms with Crippen LogP contribution in [0.3, 0.4) is 0 Å². The van der Waals surface area contributed by atoms with E-state index in [1.54, 1.807) is 12.1 Å². The third-order valence-corrected chi connectivity index (χ3v) is 6.65. The van der Waals surface area contributed by atoms with Gasteiger partial charge in [-0.2, -0.15) is 5.26 Å². The summed E-state index contributed by atoms with van der Waals surface area (Å²) in [6.07, 6.45) is 1.52. The van der Waals surface area contributed by atoms with Crippen LogP contribution in [0.2, 0.25) is 10.0 Å². The first-order valence-electron chi connectivity index (χ1n) is 8.96. The van der Waals surface area contributed by atoms with E-state index in [0.29, 0.717) is 37.9 Å². The summed E-state index contributed by atoms with van der Waals surface area (Å²) >= 11 is 11.8. The van der Waals surface area contributed by atoms with Gasteiger partial charge in [0, 0.05) is 13.0 Å². The van der Waals surface area contributed by atoms with Gasteiger partial charge in [0.1, 0.15) is 5.88 Å². The molecule has 154 valence electrons. The highest BCUT2D eigenvalue weighted by molar-refractivity contribution is 7.91. The fourth-order valence-corrected chi connectivity index (χ4v) is 4.49. The predicted molar refractivity (Wildman–Crippen MR) is 114 cm³/mol. The monoisotopic (exact) mass is 453 g/mol. The number of aryl methyl sites for hydroxylation is 1. The van der Waals surface area contributed by atoms with Gasteiger partial charge in [-0.3, -0.25) is 4.79 Å². The van der Waals surface area contributed by atoms with Gasteiger partial charge in [0.15, 0.2) is 9.84 Å². The van der Waals surface area contributed by atoms with Crippen LogP contribution in [0.1, 0.15) is 24.0 Å². The SMILES string of the molecule is N#Cc1ccc(CCC(=O)NCCCNCS(=O)(=O)c2cccc(Cl)c2Cl)cc1. The minimum absolute atomic E-state index is 0.00438. The number of nitrogens with zero attached hydrogens (tertiary/aromatic N) is 1. The third kappa shape index (κ3) is 7.33. The maximum Gasteiger partial charge on any atom is 0.220 e. The molecule has 0 bridgehead atoms. The van der Waals surface area contributed by atoms with E-state index in [2.05, 4.69) is 16.7 Å². The molecular formula is C20H21Cl2N3O3S. The van der Waals surface area contributed by atoms with Crippen molar-refractivity contribution in [1.82, 2.24) is 10.6 Å². The van der Waals surface area contributed by atoms with Crippen molar-refractivity contribution >= 4 is 38.9 Å². The van der Waals surface area contributed by atoms with Gasteiger partial charge >= 0.3 is 0 Å². The van der Waals surface area contributed by atoms with Gasteiger partial charge in [-0.1, -0.05) is 41.4 Å². The fraction of sp³-hybridized carbons (Fsp3) is 0.300. The van der Waals surface area contributed by atoms with Crippen LogP contribution in [-0.2, 0) is 21.1 Å².